The first-order valence-corrected chi connectivity index (χ1v) is 9.22. The van der Waals surface area contributed by atoms with Crippen LogP contribution in [0.1, 0.15) is 54.4 Å². The molecule has 2 fully saturated rings. The van der Waals surface area contributed by atoms with E-state index in [9.17, 15) is 9.59 Å². The maximum absolute atomic E-state index is 13.4. The molecule has 2 N–H and O–H groups in total. The molecule has 5 heteroatoms. The standard InChI is InChI=1S/C21H29N3O2/c1-18(2,3)22-17(26)21-13-12-20(6,19(21,4)5)15(16(21)25)24-23-14-10-8-7-9-11-14/h7-11,23H,12-13H2,1-6H3,(H,22,26). The SMILES string of the molecule is CC(C)(C)NC(=O)C12CCC(C)(C(=NNc3ccccc3)C1=O)C2(C)C. The molecule has 1 aromatic carbocycles. The Kier molecular flexibility index (Phi) is 4.05. The molecule has 0 heterocycles. The molecule has 0 aromatic heterocycles. The van der Waals surface area contributed by atoms with Crippen LogP contribution in [0, 0.1) is 16.2 Å². The van der Waals surface area contributed by atoms with Crippen LogP contribution in [0.25, 0.3) is 0 Å². The van der Waals surface area contributed by atoms with Crippen molar-refractivity contribution in [3.63, 3.8) is 0 Å². The molecule has 2 unspecified atom stereocenters. The van der Waals surface area contributed by atoms with E-state index >= 15 is 0 Å². The first-order chi connectivity index (χ1) is 12.0. The molecule has 1 amide bonds. The van der Waals surface area contributed by atoms with Gasteiger partial charge >= 0.3 is 0 Å². The molecule has 0 spiro atoms. The van der Waals surface area contributed by atoms with Crippen LogP contribution < -0.4 is 10.7 Å². The van der Waals surface area contributed by atoms with E-state index in [1.165, 1.54) is 0 Å². The van der Waals surface area contributed by atoms with Gasteiger partial charge in [-0.25, -0.2) is 0 Å². The van der Waals surface area contributed by atoms with Crippen molar-refractivity contribution in [3.05, 3.63) is 30.3 Å². The van der Waals surface area contributed by atoms with Gasteiger partial charge in [0.15, 0.2) is 5.78 Å². The average Bonchev–Trinajstić information content (AvgIpc) is 2.81. The van der Waals surface area contributed by atoms with Crippen LogP contribution in [-0.2, 0) is 9.59 Å². The maximum atomic E-state index is 13.4. The first-order valence-electron chi connectivity index (χ1n) is 9.22. The van der Waals surface area contributed by atoms with Crippen molar-refractivity contribution in [3.8, 4) is 0 Å². The van der Waals surface area contributed by atoms with Gasteiger partial charge < -0.3 is 5.32 Å². The predicted octanol–water partition coefficient (Wildman–Crippen LogP) is 3.76. The van der Waals surface area contributed by atoms with Crippen molar-refractivity contribution in [2.75, 3.05) is 5.43 Å². The largest absolute Gasteiger partial charge is 0.351 e. The molecule has 0 saturated heterocycles. The van der Waals surface area contributed by atoms with Crippen molar-refractivity contribution in [2.24, 2.45) is 21.3 Å². The Bertz CT molecular complexity index is 776. The number of nitrogens with one attached hydrogen (secondary N) is 2. The molecule has 3 rings (SSSR count). The summed E-state index contributed by atoms with van der Waals surface area (Å²) >= 11 is 0. The van der Waals surface area contributed by atoms with Crippen LogP contribution in [-0.4, -0.2) is 22.9 Å². The second kappa shape index (κ2) is 5.66. The van der Waals surface area contributed by atoms with E-state index in [0.717, 1.165) is 12.1 Å². The second-order valence-corrected chi connectivity index (χ2v) is 9.33. The van der Waals surface area contributed by atoms with E-state index in [4.69, 9.17) is 0 Å². The second-order valence-electron chi connectivity index (χ2n) is 9.33. The highest BCUT2D eigenvalue weighted by molar-refractivity contribution is 6.50. The molecule has 140 valence electrons. The molecule has 2 bridgehead atoms. The predicted molar refractivity (Wildman–Crippen MR) is 104 cm³/mol. The number of carbonyl (C=O) groups is 2. The third-order valence-corrected chi connectivity index (χ3v) is 6.52. The average molecular weight is 355 g/mol. The Balaban J connectivity index is 2.01. The van der Waals surface area contributed by atoms with Gasteiger partial charge in [-0.3, -0.25) is 15.0 Å². The van der Waals surface area contributed by atoms with Crippen LogP contribution in [0.15, 0.2) is 35.4 Å². The lowest BCUT2D eigenvalue weighted by Crippen LogP contribution is -2.55. The zero-order valence-electron chi connectivity index (χ0n) is 16.6. The molecule has 2 saturated carbocycles. The van der Waals surface area contributed by atoms with E-state index in [1.54, 1.807) is 0 Å². The molecule has 5 nitrogen and oxygen atoms in total. The van der Waals surface area contributed by atoms with E-state index in [2.05, 4.69) is 22.8 Å². The van der Waals surface area contributed by atoms with E-state index in [1.807, 2.05) is 65.0 Å². The number of benzene rings is 1. The van der Waals surface area contributed by atoms with Crippen molar-refractivity contribution in [1.29, 1.82) is 0 Å². The number of hydrogen-bond donors (Lipinski definition) is 2. The number of anilines is 1. The number of ketones is 1. The number of para-hydroxylation sites is 1. The number of rotatable bonds is 3. The quantitative estimate of drug-likeness (QED) is 0.640. The van der Waals surface area contributed by atoms with Gasteiger partial charge in [0, 0.05) is 11.0 Å². The van der Waals surface area contributed by atoms with Crippen LogP contribution in [0.5, 0.6) is 0 Å². The maximum Gasteiger partial charge on any atom is 0.235 e. The third-order valence-electron chi connectivity index (χ3n) is 6.52. The smallest absolute Gasteiger partial charge is 0.235 e. The fourth-order valence-electron chi connectivity index (χ4n) is 4.55. The molecular formula is C21H29N3O2. The summed E-state index contributed by atoms with van der Waals surface area (Å²) in [5.41, 5.74) is 1.96. The molecule has 0 aliphatic heterocycles. The minimum Gasteiger partial charge on any atom is -0.351 e. The Labute approximate surface area is 155 Å². The summed E-state index contributed by atoms with van der Waals surface area (Å²) in [7, 11) is 0. The lowest BCUT2D eigenvalue weighted by molar-refractivity contribution is -0.145. The summed E-state index contributed by atoms with van der Waals surface area (Å²) in [6.45, 7) is 11.9. The summed E-state index contributed by atoms with van der Waals surface area (Å²) < 4.78 is 0. The Hall–Kier alpha value is -2.17. The van der Waals surface area contributed by atoms with Gasteiger partial charge in [0.25, 0.3) is 0 Å². The van der Waals surface area contributed by atoms with Gasteiger partial charge in [-0.05, 0) is 51.2 Å². The number of nitrogens with zero attached hydrogens (tertiary/aromatic N) is 1. The monoisotopic (exact) mass is 355 g/mol. The van der Waals surface area contributed by atoms with Crippen molar-refractivity contribution >= 4 is 23.1 Å². The molecule has 2 aliphatic rings. The van der Waals surface area contributed by atoms with E-state index in [-0.39, 0.29) is 17.2 Å². The summed E-state index contributed by atoms with van der Waals surface area (Å²) in [6.07, 6.45) is 1.35. The lowest BCUT2D eigenvalue weighted by atomic mass is 9.64. The normalized spacial score (nSPS) is 31.3. The molecule has 26 heavy (non-hydrogen) atoms. The molecule has 1 aromatic rings. The number of hydrazone groups is 1. The van der Waals surface area contributed by atoms with E-state index < -0.39 is 16.2 Å². The first kappa shape index (κ1) is 18.6. The van der Waals surface area contributed by atoms with Crippen molar-refractivity contribution in [1.82, 2.24) is 5.32 Å². The number of Topliss-reactive ketones (excluding diaryl/α,β-unsaturated/α-hetero) is 1. The zero-order valence-corrected chi connectivity index (χ0v) is 16.6. The summed E-state index contributed by atoms with van der Waals surface area (Å²) in [6, 6.07) is 9.55. The lowest BCUT2D eigenvalue weighted by Gasteiger charge is -2.39. The topological polar surface area (TPSA) is 70.6 Å². The fourth-order valence-corrected chi connectivity index (χ4v) is 4.55. The number of carbonyl (C=O) groups excluding carboxylic acids is 2. The zero-order chi connectivity index (χ0) is 19.4. The summed E-state index contributed by atoms with van der Waals surface area (Å²) in [5.74, 6) is -0.310. The third kappa shape index (κ3) is 2.40. The number of amides is 1. The highest BCUT2D eigenvalue weighted by Gasteiger charge is 2.76. The van der Waals surface area contributed by atoms with Gasteiger partial charge in [0.2, 0.25) is 5.91 Å². The van der Waals surface area contributed by atoms with Crippen LogP contribution in [0.3, 0.4) is 0 Å². The van der Waals surface area contributed by atoms with Gasteiger partial charge in [0.1, 0.15) is 11.1 Å². The highest BCUT2D eigenvalue weighted by Crippen LogP contribution is 2.69. The molecule has 0 radical (unpaired) electrons. The minimum atomic E-state index is -1.05. The van der Waals surface area contributed by atoms with Gasteiger partial charge in [-0.2, -0.15) is 5.10 Å². The molecular weight excluding hydrogens is 326 g/mol. The summed E-state index contributed by atoms with van der Waals surface area (Å²) in [5, 5.41) is 7.53. The van der Waals surface area contributed by atoms with Crippen LogP contribution in [0.2, 0.25) is 0 Å². The summed E-state index contributed by atoms with van der Waals surface area (Å²) in [4.78, 5) is 26.6. The number of fused-ring (bicyclic) bond motifs is 2. The van der Waals surface area contributed by atoms with Crippen LogP contribution in [0.4, 0.5) is 5.69 Å². The Morgan fingerprint density at radius 1 is 1.08 bits per heavy atom. The van der Waals surface area contributed by atoms with Crippen molar-refractivity contribution < 1.29 is 9.59 Å². The van der Waals surface area contributed by atoms with Gasteiger partial charge in [-0.1, -0.05) is 39.0 Å². The Morgan fingerprint density at radius 2 is 1.69 bits per heavy atom. The number of hydrogen-bond acceptors (Lipinski definition) is 4. The van der Waals surface area contributed by atoms with Crippen LogP contribution >= 0.6 is 0 Å². The fraction of sp³-hybridized carbons (Fsp3) is 0.571. The van der Waals surface area contributed by atoms with E-state index in [0.29, 0.717) is 12.1 Å². The van der Waals surface area contributed by atoms with Gasteiger partial charge in [-0.15, -0.1) is 0 Å². The van der Waals surface area contributed by atoms with Crippen molar-refractivity contribution in [2.45, 2.75) is 59.9 Å². The Morgan fingerprint density at radius 3 is 2.27 bits per heavy atom. The minimum absolute atomic E-state index is 0.138. The molecule has 2 aliphatic carbocycles. The van der Waals surface area contributed by atoms with Gasteiger partial charge in [0.05, 0.1) is 5.69 Å². The molecule has 2 atom stereocenters. The highest BCUT2D eigenvalue weighted by atomic mass is 16.2.